The number of carbonyl (C=O) groups excluding carboxylic acids is 3. The predicted octanol–water partition coefficient (Wildman–Crippen LogP) is 6.10. The molecule has 1 aliphatic heterocycles. The van der Waals surface area contributed by atoms with Crippen molar-refractivity contribution in [1.29, 1.82) is 0 Å². The Morgan fingerprint density at radius 3 is 2.34 bits per heavy atom. The molecule has 0 bridgehead atoms. The van der Waals surface area contributed by atoms with Crippen molar-refractivity contribution < 1.29 is 23.5 Å². The third-order valence-electron chi connectivity index (χ3n) is 5.85. The van der Waals surface area contributed by atoms with Crippen molar-refractivity contribution in [1.82, 2.24) is 4.90 Å². The van der Waals surface area contributed by atoms with Gasteiger partial charge in [0, 0.05) is 17.9 Å². The molecule has 38 heavy (non-hydrogen) atoms. The zero-order valence-corrected chi connectivity index (χ0v) is 22.1. The van der Waals surface area contributed by atoms with Crippen molar-refractivity contribution in [3.05, 3.63) is 71.6 Å². The number of hydrogen-bond donors (Lipinski definition) is 4. The molecule has 1 fully saturated rings. The second-order valence-corrected chi connectivity index (χ2v) is 9.39. The van der Waals surface area contributed by atoms with E-state index in [9.17, 15) is 14.4 Å². The summed E-state index contributed by atoms with van der Waals surface area (Å²) in [5.41, 5.74) is 1.77. The van der Waals surface area contributed by atoms with Crippen molar-refractivity contribution in [2.45, 2.75) is 19.3 Å². The van der Waals surface area contributed by atoms with E-state index in [2.05, 4.69) is 33.7 Å². The van der Waals surface area contributed by atoms with Gasteiger partial charge in [-0.1, -0.05) is 30.8 Å². The van der Waals surface area contributed by atoms with Gasteiger partial charge >= 0.3 is 12.1 Å². The summed E-state index contributed by atoms with van der Waals surface area (Å²) in [5.74, 6) is -0.188. The minimum absolute atomic E-state index is 0.192. The summed E-state index contributed by atoms with van der Waals surface area (Å²) in [5, 5.41) is 8.25. The van der Waals surface area contributed by atoms with E-state index in [1.807, 2.05) is 0 Å². The number of piperidine rings is 1. The Balaban J connectivity index is 1.25. The van der Waals surface area contributed by atoms with E-state index in [1.54, 1.807) is 48.5 Å². The zero-order valence-electron chi connectivity index (χ0n) is 20.5. The number of benzene rings is 2. The molecule has 4 rings (SSSR count). The fourth-order valence-corrected chi connectivity index (χ4v) is 4.26. The Labute approximate surface area is 230 Å². The van der Waals surface area contributed by atoms with Gasteiger partial charge in [-0.3, -0.25) is 15.0 Å². The van der Waals surface area contributed by atoms with Gasteiger partial charge in [0.2, 0.25) is 0 Å². The first-order valence-electron chi connectivity index (χ1n) is 12.1. The molecule has 200 valence electrons. The third kappa shape index (κ3) is 7.67. The predicted molar refractivity (Wildman–Crippen MR) is 150 cm³/mol. The Hall–Kier alpha value is -3.67. The molecule has 0 aliphatic carbocycles. The highest BCUT2D eigenvalue weighted by atomic mass is 35.5. The molecule has 2 aromatic carbocycles. The number of nitrogens with one attached hydrogen (secondary N) is 3. The van der Waals surface area contributed by atoms with Gasteiger partial charge in [-0.05, 0) is 80.5 Å². The smallest absolute Gasteiger partial charge is 0.411 e. The van der Waals surface area contributed by atoms with Crippen LogP contribution in [-0.2, 0) is 4.74 Å². The maximum atomic E-state index is 12.7. The van der Waals surface area contributed by atoms with Crippen LogP contribution in [0, 0.1) is 0 Å². The molecular formula is C26H28ClN5O5S. The van der Waals surface area contributed by atoms with Crippen molar-refractivity contribution in [3.63, 3.8) is 0 Å². The van der Waals surface area contributed by atoms with E-state index in [1.165, 1.54) is 31.6 Å². The van der Waals surface area contributed by atoms with Crippen LogP contribution in [0.5, 0.6) is 0 Å². The molecule has 4 amide bonds. The van der Waals surface area contributed by atoms with E-state index in [0.717, 1.165) is 17.4 Å². The number of amides is 4. The summed E-state index contributed by atoms with van der Waals surface area (Å²) in [4.78, 5) is 39.2. The van der Waals surface area contributed by atoms with Crippen LogP contribution in [-0.4, -0.2) is 49.2 Å². The summed E-state index contributed by atoms with van der Waals surface area (Å²) >= 11 is 10.6. The number of hydrogen-bond acceptors (Lipinski definition) is 7. The van der Waals surface area contributed by atoms with Gasteiger partial charge < -0.3 is 19.8 Å². The Morgan fingerprint density at radius 1 is 0.974 bits per heavy atom. The number of halogens is 1. The zero-order chi connectivity index (χ0) is 26.9. The molecule has 3 aromatic rings. The molecule has 0 radical (unpaired) electrons. The summed E-state index contributed by atoms with van der Waals surface area (Å²) in [6, 6.07) is 13.9. The average Bonchev–Trinajstić information content (AvgIpc) is 3.46. The second-order valence-electron chi connectivity index (χ2n) is 8.58. The van der Waals surface area contributed by atoms with Crippen LogP contribution in [0.4, 0.5) is 32.3 Å². The van der Waals surface area contributed by atoms with E-state index >= 15 is 0 Å². The van der Waals surface area contributed by atoms with Crippen molar-refractivity contribution in [3.8, 4) is 0 Å². The number of furan rings is 1. The average molecular weight is 558 g/mol. The molecule has 2 heterocycles. The summed E-state index contributed by atoms with van der Waals surface area (Å²) < 4.78 is 11.4. The molecule has 3 N–H and O–H groups in total. The standard InChI is InChI=1S/C26H28ClN5O5S/c27-21-17-20(10-11-22(21)30-26(35)37-16-14-31-12-2-1-3-13-31)32(38)25(34)29-19-8-6-18(7-9-19)28-24(33)23-5-4-15-36-23/h4-11,15,17,38H,1-3,12-14,16H2,(H,28,33)(H,29,34)(H,30,35). The molecule has 12 heteroatoms. The lowest BCUT2D eigenvalue weighted by Gasteiger charge is -2.25. The molecule has 1 aliphatic rings. The highest BCUT2D eigenvalue weighted by Crippen LogP contribution is 2.29. The number of carbonyl (C=O) groups is 3. The first-order valence-corrected chi connectivity index (χ1v) is 12.9. The monoisotopic (exact) mass is 557 g/mol. The lowest BCUT2D eigenvalue weighted by molar-refractivity contribution is 0.0996. The molecule has 0 spiro atoms. The highest BCUT2D eigenvalue weighted by molar-refractivity contribution is 7.82. The van der Waals surface area contributed by atoms with E-state index in [-0.39, 0.29) is 16.7 Å². The fourth-order valence-electron chi connectivity index (χ4n) is 3.86. The quantitative estimate of drug-likeness (QED) is 0.249. The van der Waals surface area contributed by atoms with Gasteiger partial charge in [-0.15, -0.1) is 0 Å². The number of likely N-dealkylation sites (tertiary alicyclic amines) is 1. The van der Waals surface area contributed by atoms with Crippen LogP contribution in [0.3, 0.4) is 0 Å². The van der Waals surface area contributed by atoms with Gasteiger partial charge in [0.05, 0.1) is 22.7 Å². The number of urea groups is 1. The number of rotatable bonds is 8. The van der Waals surface area contributed by atoms with Crippen molar-refractivity contribution in [2.75, 3.05) is 46.5 Å². The van der Waals surface area contributed by atoms with Crippen molar-refractivity contribution in [2.24, 2.45) is 0 Å². The first kappa shape index (κ1) is 27.4. The van der Waals surface area contributed by atoms with Gasteiger partial charge in [-0.2, -0.15) is 0 Å². The fraction of sp³-hybridized carbons (Fsp3) is 0.269. The lowest BCUT2D eigenvalue weighted by atomic mass is 10.1. The summed E-state index contributed by atoms with van der Waals surface area (Å²) in [6.45, 7) is 3.06. The number of ether oxygens (including phenoxy) is 1. The minimum atomic E-state index is -0.596. The summed E-state index contributed by atoms with van der Waals surface area (Å²) in [6.07, 6.45) is 4.42. The first-order chi connectivity index (χ1) is 18.4. The second kappa shape index (κ2) is 13.2. The number of thiol groups is 1. The SMILES string of the molecule is O=C(Nc1ccc(N(S)C(=O)Nc2ccc(NC(=O)c3ccco3)cc2)cc1Cl)OCCN1CCCCC1. The van der Waals surface area contributed by atoms with Crippen LogP contribution >= 0.6 is 24.4 Å². The maximum Gasteiger partial charge on any atom is 0.411 e. The molecular weight excluding hydrogens is 530 g/mol. The topological polar surface area (TPSA) is 116 Å². The molecule has 0 atom stereocenters. The van der Waals surface area contributed by atoms with E-state index in [4.69, 9.17) is 20.8 Å². The van der Waals surface area contributed by atoms with Gasteiger partial charge in [0.1, 0.15) is 6.61 Å². The maximum absolute atomic E-state index is 12.7. The van der Waals surface area contributed by atoms with Crippen LogP contribution in [0.1, 0.15) is 29.8 Å². The van der Waals surface area contributed by atoms with Crippen LogP contribution in [0.2, 0.25) is 5.02 Å². The Bertz CT molecular complexity index is 1250. The molecule has 1 aromatic heterocycles. The molecule has 10 nitrogen and oxygen atoms in total. The van der Waals surface area contributed by atoms with Crippen LogP contribution < -0.4 is 20.3 Å². The Morgan fingerprint density at radius 2 is 1.68 bits per heavy atom. The third-order valence-corrected chi connectivity index (χ3v) is 6.58. The van der Waals surface area contributed by atoms with Crippen molar-refractivity contribution >= 4 is 65.2 Å². The number of nitrogens with zero attached hydrogens (tertiary/aromatic N) is 2. The summed E-state index contributed by atoms with van der Waals surface area (Å²) in [7, 11) is 0. The lowest BCUT2D eigenvalue weighted by Crippen LogP contribution is -2.33. The Kier molecular flexibility index (Phi) is 9.52. The van der Waals surface area contributed by atoms with Crippen LogP contribution in [0.25, 0.3) is 0 Å². The van der Waals surface area contributed by atoms with Gasteiger partial charge in [0.25, 0.3) is 5.91 Å². The molecule has 0 unspecified atom stereocenters. The highest BCUT2D eigenvalue weighted by Gasteiger charge is 2.16. The minimum Gasteiger partial charge on any atom is -0.459 e. The van der Waals surface area contributed by atoms with E-state index in [0.29, 0.717) is 35.9 Å². The number of anilines is 4. The van der Waals surface area contributed by atoms with E-state index < -0.39 is 12.1 Å². The van der Waals surface area contributed by atoms with Crippen LogP contribution in [0.15, 0.2) is 65.3 Å². The molecule has 1 saturated heterocycles. The van der Waals surface area contributed by atoms with Gasteiger partial charge in [0.15, 0.2) is 5.76 Å². The van der Waals surface area contributed by atoms with Gasteiger partial charge in [-0.25, -0.2) is 13.9 Å². The molecule has 0 saturated carbocycles. The largest absolute Gasteiger partial charge is 0.459 e. The normalized spacial score (nSPS) is 13.4.